The van der Waals surface area contributed by atoms with Crippen LogP contribution in [0.1, 0.15) is 49.9 Å². The topological polar surface area (TPSA) is 16.4 Å². The van der Waals surface area contributed by atoms with Gasteiger partial charge in [0, 0.05) is 49.6 Å². The molecule has 0 radical (unpaired) electrons. The van der Waals surface area contributed by atoms with Crippen LogP contribution in [-0.2, 0) is 10.8 Å². The maximum Gasteiger partial charge on any atom is 0.143 e. The van der Waals surface area contributed by atoms with Gasteiger partial charge in [-0.2, -0.15) is 0 Å². The lowest BCUT2D eigenvalue weighted by molar-refractivity contribution is 0.660. The van der Waals surface area contributed by atoms with E-state index < -0.39 is 0 Å². The lowest BCUT2D eigenvalue weighted by atomic mass is 9.82. The number of nitrogens with zero attached hydrogens (tertiary/aromatic N) is 1. The molecule has 13 rings (SSSR count). The van der Waals surface area contributed by atoms with E-state index in [1.54, 1.807) is 0 Å². The zero-order valence-corrected chi connectivity index (χ0v) is 36.4. The fraction of sp³-hybridized carbons (Fsp3) is 0.0968. The van der Waals surface area contributed by atoms with Gasteiger partial charge in [0.15, 0.2) is 0 Å². The number of benzene rings is 10. The van der Waals surface area contributed by atoms with Crippen LogP contribution in [0.2, 0.25) is 0 Å². The summed E-state index contributed by atoms with van der Waals surface area (Å²) >= 11 is 0. The predicted molar refractivity (Wildman–Crippen MR) is 269 cm³/mol. The molecule has 0 saturated carbocycles. The van der Waals surface area contributed by atoms with Crippen LogP contribution in [0.4, 0.5) is 17.1 Å². The maximum atomic E-state index is 7.21. The SMILES string of the molecule is CC1(C)c2ccccc2-c2ccc(N(c3ccc(-c4c(-c5ccccc5)ccc5c4oc4c6ccccc6c6ccccc6c54)cc3)c3ccc4c(c3)C(C)(C)c3ccccc3-4)cc21. The highest BCUT2D eigenvalue weighted by molar-refractivity contribution is 6.31. The zero-order valence-electron chi connectivity index (χ0n) is 36.4. The average Bonchev–Trinajstić information content (AvgIpc) is 3.92. The van der Waals surface area contributed by atoms with Crippen molar-refractivity contribution in [2.45, 2.75) is 38.5 Å². The Morgan fingerprint density at radius 3 is 1.41 bits per heavy atom. The molecule has 0 saturated heterocycles. The first-order valence-electron chi connectivity index (χ1n) is 22.5. The summed E-state index contributed by atoms with van der Waals surface area (Å²) in [5, 5.41) is 7.07. The third-order valence-electron chi connectivity index (χ3n) is 14.7. The molecule has 0 unspecified atom stereocenters. The third-order valence-corrected chi connectivity index (χ3v) is 14.7. The number of rotatable bonds is 5. The molecule has 2 aliphatic rings. The van der Waals surface area contributed by atoms with E-state index in [1.165, 1.54) is 60.7 Å². The van der Waals surface area contributed by atoms with E-state index in [-0.39, 0.29) is 10.8 Å². The highest BCUT2D eigenvalue weighted by Crippen LogP contribution is 2.54. The summed E-state index contributed by atoms with van der Waals surface area (Å²) < 4.78 is 7.21. The third kappa shape index (κ3) is 5.14. The maximum absolute atomic E-state index is 7.21. The first-order chi connectivity index (χ1) is 31.3. The summed E-state index contributed by atoms with van der Waals surface area (Å²) in [6.07, 6.45) is 0. The molecule has 1 heterocycles. The molecular formula is C62H45NO. The van der Waals surface area contributed by atoms with Crippen LogP contribution in [0.15, 0.2) is 205 Å². The molecule has 304 valence electrons. The van der Waals surface area contributed by atoms with Gasteiger partial charge in [0.2, 0.25) is 0 Å². The Bertz CT molecular complexity index is 3610. The van der Waals surface area contributed by atoms with E-state index in [4.69, 9.17) is 4.42 Å². The standard InChI is InChI=1S/C62H45NO/c1-61(2)53-24-14-12-20-46(53)48-32-30-41(36-55(48)61)63(42-31-33-49-47-21-13-15-25-54(47)62(3,4)56(49)37-42)40-28-26-39(27-29-40)57-43(38-16-6-5-7-17-38)34-35-52-58-50-22-10-8-18-44(50)45-19-9-11-23-51(45)59(58)64-60(52)57/h5-37H,1-4H3. The van der Waals surface area contributed by atoms with Gasteiger partial charge >= 0.3 is 0 Å². The first-order valence-corrected chi connectivity index (χ1v) is 22.5. The van der Waals surface area contributed by atoms with Crippen LogP contribution >= 0.6 is 0 Å². The Kier molecular flexibility index (Phi) is 7.74. The van der Waals surface area contributed by atoms with Gasteiger partial charge < -0.3 is 9.32 Å². The minimum Gasteiger partial charge on any atom is -0.455 e. The van der Waals surface area contributed by atoms with Gasteiger partial charge in [-0.15, -0.1) is 0 Å². The molecule has 10 aromatic carbocycles. The van der Waals surface area contributed by atoms with E-state index >= 15 is 0 Å². The van der Waals surface area contributed by atoms with Gasteiger partial charge in [-0.3, -0.25) is 0 Å². The van der Waals surface area contributed by atoms with Gasteiger partial charge in [0.1, 0.15) is 11.2 Å². The van der Waals surface area contributed by atoms with Crippen LogP contribution in [-0.4, -0.2) is 0 Å². The second kappa shape index (κ2) is 13.4. The van der Waals surface area contributed by atoms with Crippen molar-refractivity contribution in [1.82, 2.24) is 0 Å². The molecule has 2 heteroatoms. The molecule has 0 N–H and O–H groups in total. The van der Waals surface area contributed by atoms with Crippen molar-refractivity contribution < 1.29 is 4.42 Å². The normalized spacial score (nSPS) is 14.2. The Hall–Kier alpha value is -7.68. The van der Waals surface area contributed by atoms with Crippen molar-refractivity contribution >= 4 is 60.5 Å². The van der Waals surface area contributed by atoms with Crippen LogP contribution in [0.3, 0.4) is 0 Å². The molecular weight excluding hydrogens is 775 g/mol. The number of anilines is 3. The van der Waals surface area contributed by atoms with E-state index in [0.717, 1.165) is 66.6 Å². The molecule has 64 heavy (non-hydrogen) atoms. The smallest absolute Gasteiger partial charge is 0.143 e. The van der Waals surface area contributed by atoms with Gasteiger partial charge in [0.05, 0.1) is 0 Å². The molecule has 0 spiro atoms. The summed E-state index contributed by atoms with van der Waals surface area (Å²) in [4.78, 5) is 2.46. The minimum atomic E-state index is -0.130. The first kappa shape index (κ1) is 36.9. The monoisotopic (exact) mass is 819 g/mol. The molecule has 1 aromatic heterocycles. The van der Waals surface area contributed by atoms with Crippen molar-refractivity contribution in [2.75, 3.05) is 4.90 Å². The summed E-state index contributed by atoms with van der Waals surface area (Å²) in [7, 11) is 0. The van der Waals surface area contributed by atoms with Crippen molar-refractivity contribution in [3.05, 3.63) is 222 Å². The van der Waals surface area contributed by atoms with Crippen molar-refractivity contribution in [1.29, 1.82) is 0 Å². The van der Waals surface area contributed by atoms with Gasteiger partial charge in [-0.1, -0.05) is 185 Å². The van der Waals surface area contributed by atoms with E-state index in [0.29, 0.717) is 0 Å². The Balaban J connectivity index is 1.02. The minimum absolute atomic E-state index is 0.130. The molecule has 2 nitrogen and oxygen atoms in total. The van der Waals surface area contributed by atoms with Gasteiger partial charge in [0.25, 0.3) is 0 Å². The average molecular weight is 820 g/mol. The van der Waals surface area contributed by atoms with Crippen LogP contribution in [0.25, 0.3) is 88.0 Å². The predicted octanol–water partition coefficient (Wildman–Crippen LogP) is 17.3. The lowest BCUT2D eigenvalue weighted by Gasteiger charge is -2.30. The van der Waals surface area contributed by atoms with Gasteiger partial charge in [-0.05, 0) is 120 Å². The van der Waals surface area contributed by atoms with E-state index in [1.807, 2.05) is 0 Å². The molecule has 0 amide bonds. The molecule has 0 aliphatic heterocycles. The molecule has 11 aromatic rings. The van der Waals surface area contributed by atoms with Crippen LogP contribution in [0, 0.1) is 0 Å². The summed E-state index contributed by atoms with van der Waals surface area (Å²) in [5.41, 5.74) is 20.2. The quantitative estimate of drug-likeness (QED) is 0.161. The molecule has 2 aliphatic carbocycles. The largest absolute Gasteiger partial charge is 0.455 e. The molecule has 0 bridgehead atoms. The Morgan fingerprint density at radius 1 is 0.328 bits per heavy atom. The van der Waals surface area contributed by atoms with E-state index in [2.05, 4.69) is 233 Å². The second-order valence-electron chi connectivity index (χ2n) is 18.8. The van der Waals surface area contributed by atoms with E-state index in [9.17, 15) is 0 Å². The Morgan fingerprint density at radius 2 is 0.797 bits per heavy atom. The highest BCUT2D eigenvalue weighted by atomic mass is 16.3. The van der Waals surface area contributed by atoms with Crippen LogP contribution in [0.5, 0.6) is 0 Å². The number of furan rings is 1. The lowest BCUT2D eigenvalue weighted by Crippen LogP contribution is -2.18. The summed E-state index contributed by atoms with van der Waals surface area (Å²) in [5.74, 6) is 0. The summed E-state index contributed by atoms with van der Waals surface area (Å²) in [6, 6.07) is 73.9. The van der Waals surface area contributed by atoms with Crippen molar-refractivity contribution in [2.24, 2.45) is 0 Å². The zero-order chi connectivity index (χ0) is 42.9. The number of hydrogen-bond donors (Lipinski definition) is 0. The van der Waals surface area contributed by atoms with Crippen LogP contribution < -0.4 is 4.90 Å². The van der Waals surface area contributed by atoms with Gasteiger partial charge in [-0.25, -0.2) is 0 Å². The molecule has 0 fully saturated rings. The highest BCUT2D eigenvalue weighted by Gasteiger charge is 2.38. The Labute approximate surface area is 373 Å². The second-order valence-corrected chi connectivity index (χ2v) is 18.8. The number of fused-ring (bicyclic) bond motifs is 14. The fourth-order valence-electron chi connectivity index (χ4n) is 11.5. The van der Waals surface area contributed by atoms with Crippen molar-refractivity contribution in [3.8, 4) is 44.5 Å². The fourth-order valence-corrected chi connectivity index (χ4v) is 11.5. The summed E-state index contributed by atoms with van der Waals surface area (Å²) in [6.45, 7) is 9.46. The molecule has 0 atom stereocenters. The van der Waals surface area contributed by atoms with Crippen molar-refractivity contribution in [3.63, 3.8) is 0 Å². The number of hydrogen-bond acceptors (Lipinski definition) is 2.